The number of rotatable bonds is 5. The maximum absolute atomic E-state index is 12.5. The van der Waals surface area contributed by atoms with E-state index in [0.717, 1.165) is 12.0 Å². The lowest BCUT2D eigenvalue weighted by Crippen LogP contribution is -2.57. The quantitative estimate of drug-likeness (QED) is 0.438. The summed E-state index contributed by atoms with van der Waals surface area (Å²) in [7, 11) is 0. The van der Waals surface area contributed by atoms with Crippen LogP contribution in [-0.4, -0.2) is 40.5 Å². The first kappa shape index (κ1) is 21.5. The standard InChI is InChI=1S/C21H27ClO5/c1-6-12(2)9-13(3)7-8-15-10-16-17(11-26-15)20(27-14(4)23)21(5,25)19(24)18(16)22/h7-10,12,18,20,25H,6,11H2,1-5H3/b8-7+,13-9?/t12?,18?,20?,21-/m0/s1. The maximum Gasteiger partial charge on any atom is 0.303 e. The van der Waals surface area contributed by atoms with Gasteiger partial charge in [-0.2, -0.15) is 0 Å². The monoisotopic (exact) mass is 394 g/mol. The van der Waals surface area contributed by atoms with Crippen molar-refractivity contribution < 1.29 is 24.2 Å². The molecule has 148 valence electrons. The van der Waals surface area contributed by atoms with Crippen LogP contribution in [0.15, 0.2) is 46.8 Å². The molecule has 3 unspecified atom stereocenters. The van der Waals surface area contributed by atoms with Crippen LogP contribution < -0.4 is 0 Å². The summed E-state index contributed by atoms with van der Waals surface area (Å²) in [6.07, 6.45) is 7.56. The van der Waals surface area contributed by atoms with Gasteiger partial charge in [-0.3, -0.25) is 9.59 Å². The Morgan fingerprint density at radius 1 is 1.52 bits per heavy atom. The molecule has 6 heteroatoms. The van der Waals surface area contributed by atoms with E-state index < -0.39 is 28.8 Å². The van der Waals surface area contributed by atoms with Crippen molar-refractivity contribution >= 4 is 23.4 Å². The SMILES string of the molecule is CCC(C)C=C(C)/C=C/C1=CC2=C(CO1)C(OC(C)=O)[C@@](C)(O)C(=O)C2Cl. The Bertz CT molecular complexity index is 742. The Hall–Kier alpha value is -1.85. The van der Waals surface area contributed by atoms with Crippen LogP contribution in [0, 0.1) is 5.92 Å². The minimum atomic E-state index is -1.89. The molecule has 0 aromatic rings. The highest BCUT2D eigenvalue weighted by atomic mass is 35.5. The highest BCUT2D eigenvalue weighted by molar-refractivity contribution is 6.35. The second-order valence-electron chi connectivity index (χ2n) is 7.31. The van der Waals surface area contributed by atoms with Gasteiger partial charge in [-0.15, -0.1) is 11.6 Å². The van der Waals surface area contributed by atoms with Crippen LogP contribution in [0.25, 0.3) is 0 Å². The van der Waals surface area contributed by atoms with Gasteiger partial charge in [0.1, 0.15) is 17.7 Å². The highest BCUT2D eigenvalue weighted by Crippen LogP contribution is 2.39. The zero-order chi connectivity index (χ0) is 20.4. The molecule has 4 atom stereocenters. The third-order valence-electron chi connectivity index (χ3n) is 4.88. The molecule has 1 heterocycles. The predicted octanol–water partition coefficient (Wildman–Crippen LogP) is 3.62. The second kappa shape index (κ2) is 8.44. The lowest BCUT2D eigenvalue weighted by molar-refractivity contribution is -0.165. The topological polar surface area (TPSA) is 72.8 Å². The fourth-order valence-corrected chi connectivity index (χ4v) is 3.57. The molecule has 1 aliphatic carbocycles. The second-order valence-corrected chi connectivity index (χ2v) is 7.75. The van der Waals surface area contributed by atoms with E-state index in [4.69, 9.17) is 21.1 Å². The Balaban J connectivity index is 2.36. The van der Waals surface area contributed by atoms with Crippen LogP contribution in [0.4, 0.5) is 0 Å². The number of hydrogen-bond acceptors (Lipinski definition) is 5. The van der Waals surface area contributed by atoms with Crippen LogP contribution >= 0.6 is 11.6 Å². The average molecular weight is 395 g/mol. The summed E-state index contributed by atoms with van der Waals surface area (Å²) >= 11 is 6.30. The number of halogens is 1. The number of carbonyl (C=O) groups excluding carboxylic acids is 2. The molecule has 0 saturated carbocycles. The number of Topliss-reactive ketones (excluding diaryl/α,β-unsaturated/α-hetero) is 1. The number of esters is 1. The zero-order valence-corrected chi connectivity index (χ0v) is 17.2. The van der Waals surface area contributed by atoms with E-state index in [-0.39, 0.29) is 6.61 Å². The molecule has 0 fully saturated rings. The van der Waals surface area contributed by atoms with Gasteiger partial charge < -0.3 is 14.6 Å². The van der Waals surface area contributed by atoms with E-state index in [0.29, 0.717) is 22.8 Å². The molecular weight excluding hydrogens is 368 g/mol. The van der Waals surface area contributed by atoms with Crippen molar-refractivity contribution in [2.75, 3.05) is 6.61 Å². The van der Waals surface area contributed by atoms with Gasteiger partial charge in [0.2, 0.25) is 0 Å². The largest absolute Gasteiger partial charge is 0.489 e. The van der Waals surface area contributed by atoms with Crippen LogP contribution in [0.2, 0.25) is 0 Å². The van der Waals surface area contributed by atoms with Crippen molar-refractivity contribution in [1.82, 2.24) is 0 Å². The van der Waals surface area contributed by atoms with E-state index in [1.54, 1.807) is 6.08 Å². The molecule has 0 aromatic heterocycles. The number of alkyl halides is 1. The third kappa shape index (κ3) is 4.71. The lowest BCUT2D eigenvalue weighted by atomic mass is 9.77. The molecule has 0 bridgehead atoms. The first-order valence-electron chi connectivity index (χ1n) is 9.09. The zero-order valence-electron chi connectivity index (χ0n) is 16.4. The smallest absolute Gasteiger partial charge is 0.303 e. The van der Waals surface area contributed by atoms with Gasteiger partial charge in [0.05, 0.1) is 0 Å². The summed E-state index contributed by atoms with van der Waals surface area (Å²) in [5.41, 5.74) is 0.251. The third-order valence-corrected chi connectivity index (χ3v) is 5.31. The molecule has 2 rings (SSSR count). The van der Waals surface area contributed by atoms with Crippen molar-refractivity contribution in [3.05, 3.63) is 46.8 Å². The number of allylic oxidation sites excluding steroid dienone is 6. The molecule has 2 aliphatic rings. The van der Waals surface area contributed by atoms with Gasteiger partial charge >= 0.3 is 5.97 Å². The summed E-state index contributed by atoms with van der Waals surface area (Å²) in [6, 6.07) is 0. The molecule has 1 N–H and O–H groups in total. The molecular formula is C21H27ClO5. The molecule has 0 saturated heterocycles. The first-order valence-corrected chi connectivity index (χ1v) is 9.53. The van der Waals surface area contributed by atoms with Crippen molar-refractivity contribution in [3.8, 4) is 0 Å². The maximum atomic E-state index is 12.5. The van der Waals surface area contributed by atoms with Gasteiger partial charge in [-0.05, 0) is 37.5 Å². The van der Waals surface area contributed by atoms with Gasteiger partial charge in [-0.25, -0.2) is 0 Å². The fourth-order valence-electron chi connectivity index (χ4n) is 3.15. The average Bonchev–Trinajstić information content (AvgIpc) is 2.61. The summed E-state index contributed by atoms with van der Waals surface area (Å²) in [6.45, 7) is 8.92. The van der Waals surface area contributed by atoms with E-state index in [1.165, 1.54) is 13.8 Å². The first-order chi connectivity index (χ1) is 12.6. The van der Waals surface area contributed by atoms with Crippen molar-refractivity contribution in [3.63, 3.8) is 0 Å². The molecule has 1 aliphatic heterocycles. The minimum absolute atomic E-state index is 0.0875. The molecule has 5 nitrogen and oxygen atoms in total. The number of hydrogen-bond donors (Lipinski definition) is 1. The van der Waals surface area contributed by atoms with Crippen LogP contribution in [0.3, 0.4) is 0 Å². The van der Waals surface area contributed by atoms with Crippen molar-refractivity contribution in [2.24, 2.45) is 5.92 Å². The van der Waals surface area contributed by atoms with Gasteiger partial charge in [-0.1, -0.05) is 38.0 Å². The minimum Gasteiger partial charge on any atom is -0.489 e. The molecule has 0 amide bonds. The molecule has 27 heavy (non-hydrogen) atoms. The Labute approximate surface area is 165 Å². The Kier molecular flexibility index (Phi) is 6.71. The molecule has 0 radical (unpaired) electrons. The van der Waals surface area contributed by atoms with Gasteiger partial charge in [0.25, 0.3) is 0 Å². The highest BCUT2D eigenvalue weighted by Gasteiger charge is 2.52. The van der Waals surface area contributed by atoms with E-state index in [2.05, 4.69) is 19.9 Å². The summed E-state index contributed by atoms with van der Waals surface area (Å²) in [5, 5.41) is 9.54. The fraction of sp³-hybridized carbons (Fsp3) is 0.524. The molecule has 0 spiro atoms. The van der Waals surface area contributed by atoms with Crippen LogP contribution in [0.1, 0.15) is 41.0 Å². The number of carbonyl (C=O) groups is 2. The predicted molar refractivity (Wildman–Crippen MR) is 104 cm³/mol. The Morgan fingerprint density at radius 3 is 2.78 bits per heavy atom. The van der Waals surface area contributed by atoms with Crippen LogP contribution in [0.5, 0.6) is 0 Å². The van der Waals surface area contributed by atoms with Crippen molar-refractivity contribution in [2.45, 2.75) is 58.1 Å². The summed E-state index contributed by atoms with van der Waals surface area (Å²) in [4.78, 5) is 24.0. The lowest BCUT2D eigenvalue weighted by Gasteiger charge is -2.40. The van der Waals surface area contributed by atoms with E-state index in [1.807, 2.05) is 19.1 Å². The van der Waals surface area contributed by atoms with Gasteiger partial charge in [0.15, 0.2) is 17.5 Å². The summed E-state index contributed by atoms with van der Waals surface area (Å²) < 4.78 is 11.0. The number of ketones is 1. The number of ether oxygens (including phenoxy) is 2. The number of aliphatic hydroxyl groups is 1. The summed E-state index contributed by atoms with van der Waals surface area (Å²) in [5.74, 6) is -0.135. The van der Waals surface area contributed by atoms with E-state index in [9.17, 15) is 14.7 Å². The molecule has 0 aromatic carbocycles. The Morgan fingerprint density at radius 2 is 2.19 bits per heavy atom. The normalized spacial score (nSPS) is 30.0. The van der Waals surface area contributed by atoms with E-state index >= 15 is 0 Å². The van der Waals surface area contributed by atoms with Gasteiger partial charge in [0, 0.05) is 12.5 Å². The van der Waals surface area contributed by atoms with Crippen molar-refractivity contribution in [1.29, 1.82) is 0 Å². The van der Waals surface area contributed by atoms with Crippen LogP contribution in [-0.2, 0) is 19.1 Å².